The second kappa shape index (κ2) is 5.35. The van der Waals surface area contributed by atoms with Crippen LogP contribution >= 0.6 is 44.1 Å². The van der Waals surface area contributed by atoms with E-state index in [1.807, 2.05) is 41.0 Å². The molecule has 0 spiro atoms. The molecule has 3 rings (SSSR count). The molecule has 0 saturated heterocycles. The lowest BCUT2D eigenvalue weighted by molar-refractivity contribution is 0.413. The van der Waals surface area contributed by atoms with Crippen molar-refractivity contribution in [3.05, 3.63) is 50.1 Å². The fraction of sp³-hybridized carbons (Fsp3) is 0.0714. The minimum atomic E-state index is 0.634. The van der Waals surface area contributed by atoms with Crippen LogP contribution in [0.4, 0.5) is 0 Å². The Labute approximate surface area is 137 Å². The summed E-state index contributed by atoms with van der Waals surface area (Å²) in [5.41, 5.74) is 2.89. The van der Waals surface area contributed by atoms with Crippen LogP contribution in [0.3, 0.4) is 0 Å². The molecule has 0 aliphatic heterocycles. The predicted octanol–water partition coefficient (Wildman–Crippen LogP) is 5.22. The Balaban J connectivity index is 2.37. The van der Waals surface area contributed by atoms with Crippen molar-refractivity contribution in [1.29, 1.82) is 0 Å². The molecule has 0 amide bonds. The lowest BCUT2D eigenvalue weighted by atomic mass is 10.2. The average Bonchev–Trinajstić information content (AvgIpc) is 2.73. The van der Waals surface area contributed by atoms with Crippen molar-refractivity contribution in [2.75, 3.05) is 7.11 Å². The number of rotatable bonds is 2. The highest BCUT2D eigenvalue weighted by Crippen LogP contribution is 2.30. The second-order valence-electron chi connectivity index (χ2n) is 4.24. The van der Waals surface area contributed by atoms with E-state index in [4.69, 9.17) is 17.0 Å². The van der Waals surface area contributed by atoms with Crippen molar-refractivity contribution < 1.29 is 4.74 Å². The van der Waals surface area contributed by atoms with Crippen LogP contribution < -0.4 is 4.74 Å². The third-order valence-electron chi connectivity index (χ3n) is 3.03. The zero-order valence-corrected chi connectivity index (χ0v) is 14.5. The first-order valence-corrected chi connectivity index (χ1v) is 7.84. The zero-order valence-electron chi connectivity index (χ0n) is 10.5. The summed E-state index contributed by atoms with van der Waals surface area (Å²) in [5.74, 6) is 0.771. The summed E-state index contributed by atoms with van der Waals surface area (Å²) in [6, 6.07) is 11.9. The molecular formula is C14H10Br2N2OS. The van der Waals surface area contributed by atoms with Crippen molar-refractivity contribution in [2.24, 2.45) is 0 Å². The Kier molecular flexibility index (Phi) is 3.70. The van der Waals surface area contributed by atoms with E-state index in [2.05, 4.69) is 36.8 Å². The van der Waals surface area contributed by atoms with E-state index >= 15 is 0 Å². The van der Waals surface area contributed by atoms with Gasteiger partial charge < -0.3 is 9.72 Å². The zero-order chi connectivity index (χ0) is 14.3. The van der Waals surface area contributed by atoms with Gasteiger partial charge in [-0.1, -0.05) is 31.9 Å². The summed E-state index contributed by atoms with van der Waals surface area (Å²) in [7, 11) is 1.65. The molecule has 3 aromatic rings. The van der Waals surface area contributed by atoms with Crippen molar-refractivity contribution in [3.8, 4) is 11.4 Å². The number of aromatic nitrogens is 2. The van der Waals surface area contributed by atoms with Gasteiger partial charge in [-0.3, -0.25) is 4.57 Å². The van der Waals surface area contributed by atoms with Crippen molar-refractivity contribution in [1.82, 2.24) is 9.55 Å². The van der Waals surface area contributed by atoms with E-state index in [1.165, 1.54) is 0 Å². The minimum absolute atomic E-state index is 0.634. The van der Waals surface area contributed by atoms with Gasteiger partial charge in [0.05, 0.1) is 23.8 Å². The molecule has 3 nitrogen and oxygen atoms in total. The third kappa shape index (κ3) is 2.32. The van der Waals surface area contributed by atoms with Crippen molar-refractivity contribution >= 4 is 55.1 Å². The van der Waals surface area contributed by atoms with Gasteiger partial charge in [0.25, 0.3) is 0 Å². The Hall–Kier alpha value is -1.11. The molecule has 0 aliphatic rings. The molecule has 0 radical (unpaired) electrons. The summed E-state index contributed by atoms with van der Waals surface area (Å²) in [6.07, 6.45) is 0. The summed E-state index contributed by atoms with van der Waals surface area (Å²) < 4.78 is 10.0. The van der Waals surface area contributed by atoms with Crippen LogP contribution in [0.2, 0.25) is 0 Å². The fourth-order valence-corrected chi connectivity index (χ4v) is 3.18. The number of nitrogens with one attached hydrogen (secondary N) is 1. The Morgan fingerprint density at radius 1 is 1.10 bits per heavy atom. The van der Waals surface area contributed by atoms with Gasteiger partial charge in [-0.25, -0.2) is 0 Å². The maximum Gasteiger partial charge on any atom is 0.182 e. The number of fused-ring (bicyclic) bond motifs is 1. The number of hydrogen-bond acceptors (Lipinski definition) is 2. The van der Waals surface area contributed by atoms with Crippen LogP contribution in [0, 0.1) is 4.77 Å². The molecule has 2 aromatic carbocycles. The van der Waals surface area contributed by atoms with Gasteiger partial charge >= 0.3 is 0 Å². The van der Waals surface area contributed by atoms with Crippen LogP contribution in [0.25, 0.3) is 16.7 Å². The van der Waals surface area contributed by atoms with Gasteiger partial charge in [0.2, 0.25) is 0 Å². The Morgan fingerprint density at radius 2 is 1.80 bits per heavy atom. The van der Waals surface area contributed by atoms with Gasteiger partial charge in [0, 0.05) is 8.95 Å². The second-order valence-corrected chi connectivity index (χ2v) is 6.46. The smallest absolute Gasteiger partial charge is 0.182 e. The number of methoxy groups -OCH3 is 1. The summed E-state index contributed by atoms with van der Waals surface area (Å²) in [6.45, 7) is 0. The van der Waals surface area contributed by atoms with E-state index in [0.717, 1.165) is 31.4 Å². The maximum absolute atomic E-state index is 5.45. The molecule has 0 fully saturated rings. The number of imidazole rings is 1. The topological polar surface area (TPSA) is 29.9 Å². The maximum atomic E-state index is 5.45. The van der Waals surface area contributed by atoms with E-state index in [-0.39, 0.29) is 0 Å². The molecule has 0 saturated carbocycles. The van der Waals surface area contributed by atoms with Gasteiger partial charge in [-0.05, 0) is 48.6 Å². The highest BCUT2D eigenvalue weighted by molar-refractivity contribution is 9.10. The lowest BCUT2D eigenvalue weighted by Crippen LogP contribution is -1.98. The highest BCUT2D eigenvalue weighted by atomic mass is 79.9. The van der Waals surface area contributed by atoms with E-state index in [9.17, 15) is 0 Å². The van der Waals surface area contributed by atoms with E-state index in [1.54, 1.807) is 7.11 Å². The Bertz CT molecular complexity index is 854. The molecular weight excluding hydrogens is 404 g/mol. The first-order chi connectivity index (χ1) is 9.60. The first kappa shape index (κ1) is 13.9. The highest BCUT2D eigenvalue weighted by Gasteiger charge is 2.12. The number of ether oxygens (including phenoxy) is 1. The van der Waals surface area contributed by atoms with Crippen LogP contribution in [-0.4, -0.2) is 16.7 Å². The molecule has 102 valence electrons. The predicted molar refractivity (Wildman–Crippen MR) is 90.4 cm³/mol. The van der Waals surface area contributed by atoms with Gasteiger partial charge in [-0.2, -0.15) is 0 Å². The number of H-pyrrole nitrogens is 1. The summed E-state index contributed by atoms with van der Waals surface area (Å²) in [5, 5.41) is 0. The van der Waals surface area contributed by atoms with E-state index in [0.29, 0.717) is 4.77 Å². The summed E-state index contributed by atoms with van der Waals surface area (Å²) >= 11 is 12.4. The van der Waals surface area contributed by atoms with Crippen LogP contribution in [0.15, 0.2) is 45.3 Å². The van der Waals surface area contributed by atoms with E-state index < -0.39 is 0 Å². The largest absolute Gasteiger partial charge is 0.495 e. The van der Waals surface area contributed by atoms with Crippen LogP contribution in [-0.2, 0) is 0 Å². The molecule has 1 N–H and O–H groups in total. The van der Waals surface area contributed by atoms with Crippen molar-refractivity contribution in [2.45, 2.75) is 0 Å². The third-order valence-corrected chi connectivity index (χ3v) is 4.30. The molecule has 0 aliphatic carbocycles. The Morgan fingerprint density at radius 3 is 2.55 bits per heavy atom. The quantitative estimate of drug-likeness (QED) is 0.583. The minimum Gasteiger partial charge on any atom is -0.495 e. The molecule has 0 bridgehead atoms. The molecule has 1 aromatic heterocycles. The number of hydrogen-bond donors (Lipinski definition) is 1. The molecule has 20 heavy (non-hydrogen) atoms. The molecule has 0 unspecified atom stereocenters. The SMILES string of the molecule is COc1ccc(Br)cc1-n1c(=S)[nH]c2cc(Br)ccc21. The van der Waals surface area contributed by atoms with Gasteiger partial charge in [0.15, 0.2) is 4.77 Å². The first-order valence-electron chi connectivity index (χ1n) is 5.84. The normalized spacial score (nSPS) is 10.9. The monoisotopic (exact) mass is 412 g/mol. The fourth-order valence-electron chi connectivity index (χ4n) is 2.16. The standard InChI is InChI=1S/C14H10Br2N2OS/c1-19-13-5-3-9(16)7-12(13)18-11-4-2-8(15)6-10(11)17-14(18)20/h2-7H,1H3,(H,17,20). The number of halogens is 2. The van der Waals surface area contributed by atoms with Crippen molar-refractivity contribution in [3.63, 3.8) is 0 Å². The number of aromatic amines is 1. The number of nitrogens with zero attached hydrogens (tertiary/aromatic N) is 1. The molecule has 0 atom stereocenters. The van der Waals surface area contributed by atoms with Crippen LogP contribution in [0.1, 0.15) is 0 Å². The number of benzene rings is 2. The lowest BCUT2D eigenvalue weighted by Gasteiger charge is -2.11. The summed E-state index contributed by atoms with van der Waals surface area (Å²) in [4.78, 5) is 3.21. The van der Waals surface area contributed by atoms with Gasteiger partial charge in [-0.15, -0.1) is 0 Å². The molecule has 6 heteroatoms. The average molecular weight is 414 g/mol. The van der Waals surface area contributed by atoms with Gasteiger partial charge in [0.1, 0.15) is 5.75 Å². The van der Waals surface area contributed by atoms with Crippen LogP contribution in [0.5, 0.6) is 5.75 Å². The molecule has 1 heterocycles.